The highest BCUT2D eigenvalue weighted by Crippen LogP contribution is 2.32. The van der Waals surface area contributed by atoms with E-state index in [1.807, 2.05) is 36.4 Å². The molecule has 0 spiro atoms. The summed E-state index contributed by atoms with van der Waals surface area (Å²) < 4.78 is 5.43. The number of nitriles is 1. The van der Waals surface area contributed by atoms with Crippen molar-refractivity contribution in [2.75, 3.05) is 0 Å². The summed E-state index contributed by atoms with van der Waals surface area (Å²) in [4.78, 5) is 0. The van der Waals surface area contributed by atoms with Crippen LogP contribution in [0.25, 0.3) is 22.2 Å². The fourth-order valence-corrected chi connectivity index (χ4v) is 2.34. The Morgan fingerprint density at radius 1 is 1.21 bits per heavy atom. The first-order chi connectivity index (χ1) is 9.29. The summed E-state index contributed by atoms with van der Waals surface area (Å²) in [6.07, 6.45) is 0.262. The molecule has 0 radical (unpaired) electrons. The molecule has 3 rings (SSSR count). The third kappa shape index (κ3) is 2.07. The molecule has 0 aliphatic carbocycles. The van der Waals surface area contributed by atoms with Crippen molar-refractivity contribution >= 4 is 22.5 Å². The van der Waals surface area contributed by atoms with Crippen LogP contribution in [0, 0.1) is 11.3 Å². The molecular formula is C15H9ClN2O. The maximum absolute atomic E-state index is 8.84. The maximum Gasteiger partial charge on any atom is 0.174 e. The Morgan fingerprint density at radius 2 is 2.00 bits per heavy atom. The smallest absolute Gasteiger partial charge is 0.174 e. The quantitative estimate of drug-likeness (QED) is 0.699. The Bertz CT molecular complexity index is 772. The lowest BCUT2D eigenvalue weighted by Crippen LogP contribution is -1.84. The van der Waals surface area contributed by atoms with Crippen LogP contribution in [0.3, 0.4) is 0 Å². The van der Waals surface area contributed by atoms with Gasteiger partial charge < -0.3 is 4.52 Å². The van der Waals surface area contributed by atoms with Gasteiger partial charge in [-0.2, -0.15) is 5.26 Å². The minimum Gasteiger partial charge on any atom is -0.355 e. The third-order valence-corrected chi connectivity index (χ3v) is 3.15. The van der Waals surface area contributed by atoms with E-state index >= 15 is 0 Å². The lowest BCUT2D eigenvalue weighted by molar-refractivity contribution is 0.440. The number of nitrogens with zero attached hydrogens (tertiary/aromatic N) is 2. The molecular weight excluding hydrogens is 260 g/mol. The van der Waals surface area contributed by atoms with Crippen LogP contribution in [-0.4, -0.2) is 5.16 Å². The van der Waals surface area contributed by atoms with Gasteiger partial charge in [-0.3, -0.25) is 0 Å². The zero-order valence-electron chi connectivity index (χ0n) is 9.93. The molecule has 1 heterocycles. The second-order valence-electron chi connectivity index (χ2n) is 4.17. The van der Waals surface area contributed by atoms with Gasteiger partial charge in [-0.25, -0.2) is 0 Å². The van der Waals surface area contributed by atoms with Gasteiger partial charge in [0.15, 0.2) is 5.76 Å². The van der Waals surface area contributed by atoms with Crippen molar-refractivity contribution in [1.82, 2.24) is 5.16 Å². The molecule has 3 nitrogen and oxygen atoms in total. The largest absolute Gasteiger partial charge is 0.355 e. The number of aromatic nitrogens is 1. The topological polar surface area (TPSA) is 49.8 Å². The van der Waals surface area contributed by atoms with E-state index in [9.17, 15) is 0 Å². The van der Waals surface area contributed by atoms with Crippen LogP contribution in [0.5, 0.6) is 0 Å². The molecule has 0 bridgehead atoms. The van der Waals surface area contributed by atoms with Crippen molar-refractivity contribution < 1.29 is 4.52 Å². The van der Waals surface area contributed by atoms with E-state index in [0.29, 0.717) is 16.3 Å². The van der Waals surface area contributed by atoms with Gasteiger partial charge in [-0.05, 0) is 17.7 Å². The Morgan fingerprint density at radius 3 is 2.74 bits per heavy atom. The Kier molecular flexibility index (Phi) is 2.94. The molecule has 0 saturated heterocycles. The molecule has 0 aliphatic rings. The van der Waals surface area contributed by atoms with Gasteiger partial charge in [0, 0.05) is 10.6 Å². The van der Waals surface area contributed by atoms with Crippen LogP contribution >= 0.6 is 11.6 Å². The van der Waals surface area contributed by atoms with Gasteiger partial charge in [0.2, 0.25) is 0 Å². The Labute approximate surface area is 115 Å². The fraction of sp³-hybridized carbons (Fsp3) is 0.0667. The van der Waals surface area contributed by atoms with Gasteiger partial charge >= 0.3 is 0 Å². The van der Waals surface area contributed by atoms with Crippen LogP contribution in [0.4, 0.5) is 0 Å². The highest BCUT2D eigenvalue weighted by molar-refractivity contribution is 6.31. The lowest BCUT2D eigenvalue weighted by Gasteiger charge is -1.99. The van der Waals surface area contributed by atoms with E-state index in [0.717, 1.165) is 16.5 Å². The van der Waals surface area contributed by atoms with Crippen molar-refractivity contribution in [3.63, 3.8) is 0 Å². The predicted molar refractivity (Wildman–Crippen MR) is 73.8 cm³/mol. The van der Waals surface area contributed by atoms with E-state index in [4.69, 9.17) is 21.4 Å². The summed E-state index contributed by atoms with van der Waals surface area (Å²) in [5.74, 6) is 0.678. The molecule has 0 fully saturated rings. The zero-order valence-corrected chi connectivity index (χ0v) is 10.7. The van der Waals surface area contributed by atoms with Gasteiger partial charge in [-0.15, -0.1) is 0 Å². The molecule has 0 amide bonds. The summed E-state index contributed by atoms with van der Waals surface area (Å²) in [5.41, 5.74) is 2.43. The highest BCUT2D eigenvalue weighted by Gasteiger charge is 2.14. The van der Waals surface area contributed by atoms with Crippen LogP contribution in [-0.2, 0) is 6.42 Å². The van der Waals surface area contributed by atoms with Gasteiger partial charge in [-0.1, -0.05) is 47.1 Å². The molecule has 0 unspecified atom stereocenters. The minimum absolute atomic E-state index is 0.262. The van der Waals surface area contributed by atoms with Crippen LogP contribution in [0.2, 0.25) is 5.02 Å². The Balaban J connectivity index is 2.27. The summed E-state index contributed by atoms with van der Waals surface area (Å²) in [5, 5.41) is 14.3. The second kappa shape index (κ2) is 4.75. The third-order valence-electron chi connectivity index (χ3n) is 2.93. The number of rotatable bonds is 2. The predicted octanol–water partition coefficient (Wildman–Crippen LogP) is 4.21. The molecule has 3 aromatic rings. The second-order valence-corrected chi connectivity index (χ2v) is 4.61. The summed E-state index contributed by atoms with van der Waals surface area (Å²) >= 11 is 6.10. The standard InChI is InChI=1S/C15H9ClN2O/c16-12-8-11(6-7-17)14-13(9-12)15(19-18-14)10-4-2-1-3-5-10/h1-5,8-9H,6H2. The average molecular weight is 269 g/mol. The van der Waals surface area contributed by atoms with Gasteiger partial charge in [0.1, 0.15) is 5.52 Å². The van der Waals surface area contributed by atoms with Crippen LogP contribution in [0.1, 0.15) is 5.56 Å². The van der Waals surface area contributed by atoms with Crippen molar-refractivity contribution in [1.29, 1.82) is 5.26 Å². The van der Waals surface area contributed by atoms with E-state index in [1.54, 1.807) is 6.07 Å². The summed E-state index contributed by atoms with van der Waals surface area (Å²) in [6, 6.07) is 15.4. The van der Waals surface area contributed by atoms with Crippen molar-refractivity contribution in [3.05, 3.63) is 53.1 Å². The first-order valence-electron chi connectivity index (χ1n) is 5.80. The molecule has 0 atom stereocenters. The number of hydrogen-bond donors (Lipinski definition) is 0. The van der Waals surface area contributed by atoms with E-state index in [2.05, 4.69) is 11.2 Å². The molecule has 0 N–H and O–H groups in total. The normalized spacial score (nSPS) is 10.5. The first-order valence-corrected chi connectivity index (χ1v) is 6.17. The molecule has 2 aromatic carbocycles. The molecule has 1 aromatic heterocycles. The minimum atomic E-state index is 0.262. The molecule has 0 aliphatic heterocycles. The van der Waals surface area contributed by atoms with Crippen molar-refractivity contribution in [2.24, 2.45) is 0 Å². The number of fused-ring (bicyclic) bond motifs is 1. The van der Waals surface area contributed by atoms with E-state index in [1.165, 1.54) is 0 Å². The van der Waals surface area contributed by atoms with Gasteiger partial charge in [0.25, 0.3) is 0 Å². The van der Waals surface area contributed by atoms with Crippen molar-refractivity contribution in [3.8, 4) is 17.4 Å². The fourth-order valence-electron chi connectivity index (χ4n) is 2.09. The van der Waals surface area contributed by atoms with E-state index < -0.39 is 0 Å². The zero-order chi connectivity index (χ0) is 13.2. The first kappa shape index (κ1) is 11.8. The maximum atomic E-state index is 8.84. The van der Waals surface area contributed by atoms with Crippen LogP contribution in [0.15, 0.2) is 47.0 Å². The molecule has 19 heavy (non-hydrogen) atoms. The molecule has 4 heteroatoms. The lowest BCUT2D eigenvalue weighted by atomic mass is 10.0. The molecule has 92 valence electrons. The molecule has 0 saturated carbocycles. The van der Waals surface area contributed by atoms with Gasteiger partial charge in [0.05, 0.1) is 17.9 Å². The average Bonchev–Trinajstić information content (AvgIpc) is 2.84. The SMILES string of the molecule is N#CCc1cc(Cl)cc2c(-c3ccccc3)onc12. The monoisotopic (exact) mass is 268 g/mol. The number of halogens is 1. The van der Waals surface area contributed by atoms with E-state index in [-0.39, 0.29) is 6.42 Å². The number of hydrogen-bond acceptors (Lipinski definition) is 3. The van der Waals surface area contributed by atoms with Crippen LogP contribution < -0.4 is 0 Å². The summed E-state index contributed by atoms with van der Waals surface area (Å²) in [7, 11) is 0. The number of benzene rings is 2. The Hall–Kier alpha value is -2.31. The van der Waals surface area contributed by atoms with Crippen molar-refractivity contribution in [2.45, 2.75) is 6.42 Å². The summed E-state index contributed by atoms with van der Waals surface area (Å²) in [6.45, 7) is 0. The highest BCUT2D eigenvalue weighted by atomic mass is 35.5.